The van der Waals surface area contributed by atoms with Gasteiger partial charge in [-0.2, -0.15) is 13.2 Å². The zero-order valence-electron chi connectivity index (χ0n) is 14.9. The van der Waals surface area contributed by atoms with E-state index in [1.165, 1.54) is 23.5 Å². The molecule has 0 saturated heterocycles. The Bertz CT molecular complexity index is 1060. The Balaban J connectivity index is 1.54. The Morgan fingerprint density at radius 1 is 1.00 bits per heavy atom. The zero-order valence-corrected chi connectivity index (χ0v) is 16.5. The molecule has 0 radical (unpaired) electrons. The highest BCUT2D eigenvalue weighted by molar-refractivity contribution is 7.88. The quantitative estimate of drug-likeness (QED) is 0.541. The molecule has 0 aliphatic carbocycles. The Hall–Kier alpha value is -2.30. The molecule has 29 heavy (non-hydrogen) atoms. The number of nitrogens with zero attached hydrogens (tertiary/aromatic N) is 1. The topological polar surface area (TPSA) is 59.1 Å². The Morgan fingerprint density at radius 2 is 1.66 bits per heavy atom. The summed E-state index contributed by atoms with van der Waals surface area (Å²) >= 11 is 1.37. The highest BCUT2D eigenvalue weighted by atomic mass is 32.2. The number of sulfonamides is 1. The third-order valence-electron chi connectivity index (χ3n) is 3.98. The first-order valence-electron chi connectivity index (χ1n) is 8.46. The molecule has 2 aromatic carbocycles. The molecule has 0 saturated carbocycles. The molecule has 1 N–H and O–H groups in total. The molecule has 0 spiro atoms. The first-order valence-corrected chi connectivity index (χ1v) is 11.0. The lowest BCUT2D eigenvalue weighted by Gasteiger charge is -2.09. The summed E-state index contributed by atoms with van der Waals surface area (Å²) in [4.78, 5) is 4.40. The van der Waals surface area contributed by atoms with Gasteiger partial charge in [0.05, 0.1) is 17.0 Å². The van der Waals surface area contributed by atoms with Crippen molar-refractivity contribution in [1.82, 2.24) is 9.71 Å². The Kier molecular flexibility index (Phi) is 6.35. The Labute approximate surface area is 169 Å². The zero-order chi connectivity index (χ0) is 21.1. The van der Waals surface area contributed by atoms with Crippen molar-refractivity contribution in [3.63, 3.8) is 0 Å². The number of benzene rings is 2. The van der Waals surface area contributed by atoms with Crippen LogP contribution < -0.4 is 4.72 Å². The van der Waals surface area contributed by atoms with Gasteiger partial charge < -0.3 is 0 Å². The first-order chi connectivity index (χ1) is 13.6. The van der Waals surface area contributed by atoms with E-state index in [0.29, 0.717) is 17.1 Å². The summed E-state index contributed by atoms with van der Waals surface area (Å²) in [6.45, 7) is 0.107. The summed E-state index contributed by atoms with van der Waals surface area (Å²) in [5.41, 5.74) is 0.891. The lowest BCUT2D eigenvalue weighted by atomic mass is 10.1. The van der Waals surface area contributed by atoms with Gasteiger partial charge in [0.15, 0.2) is 0 Å². The summed E-state index contributed by atoms with van der Waals surface area (Å²) < 4.78 is 77.4. The van der Waals surface area contributed by atoms with Crippen LogP contribution in [0.25, 0.3) is 10.6 Å². The van der Waals surface area contributed by atoms with Crippen molar-refractivity contribution in [3.05, 3.63) is 76.5 Å². The minimum atomic E-state index is -4.46. The molecule has 0 fully saturated rings. The molecular weight excluding hydrogens is 428 g/mol. The number of nitrogens with one attached hydrogen (secondary N) is 1. The minimum absolute atomic E-state index is 0.107. The van der Waals surface area contributed by atoms with Crippen molar-refractivity contribution < 1.29 is 26.0 Å². The minimum Gasteiger partial charge on any atom is -0.241 e. The third-order valence-corrected chi connectivity index (χ3v) is 6.28. The fourth-order valence-corrected chi connectivity index (χ4v) is 4.55. The lowest BCUT2D eigenvalue weighted by molar-refractivity contribution is -0.137. The third kappa shape index (κ3) is 6.09. The number of hydrogen-bond acceptors (Lipinski definition) is 4. The predicted octanol–water partition coefficient (Wildman–Crippen LogP) is 4.63. The summed E-state index contributed by atoms with van der Waals surface area (Å²) in [6, 6.07) is 9.93. The van der Waals surface area contributed by atoms with E-state index in [1.807, 2.05) is 0 Å². The molecule has 3 aromatic rings. The van der Waals surface area contributed by atoms with E-state index in [-0.39, 0.29) is 17.9 Å². The van der Waals surface area contributed by atoms with Crippen LogP contribution in [-0.4, -0.2) is 19.9 Å². The fourth-order valence-electron chi connectivity index (χ4n) is 2.54. The number of alkyl halides is 3. The van der Waals surface area contributed by atoms with Crippen LogP contribution in [0.2, 0.25) is 0 Å². The second-order valence-electron chi connectivity index (χ2n) is 6.25. The molecule has 0 atom stereocenters. The second-order valence-corrected chi connectivity index (χ2v) is 8.91. The lowest BCUT2D eigenvalue weighted by Crippen LogP contribution is -2.27. The second kappa shape index (κ2) is 8.60. The van der Waals surface area contributed by atoms with Gasteiger partial charge in [-0.3, -0.25) is 0 Å². The standard InChI is InChI=1S/C19H16F4N2O2S2/c20-16-7-3-14(4-8-16)18-25-17(11-28-18)9-10-24-29(26,27)12-13-1-5-15(6-2-13)19(21,22)23/h1-8,11,24H,9-10,12H2. The van der Waals surface area contributed by atoms with Gasteiger partial charge in [0.25, 0.3) is 0 Å². The smallest absolute Gasteiger partial charge is 0.241 e. The van der Waals surface area contributed by atoms with Gasteiger partial charge in [-0.25, -0.2) is 22.5 Å². The largest absolute Gasteiger partial charge is 0.416 e. The van der Waals surface area contributed by atoms with Gasteiger partial charge in [0.2, 0.25) is 10.0 Å². The molecule has 1 aromatic heterocycles. The van der Waals surface area contributed by atoms with E-state index < -0.39 is 27.5 Å². The van der Waals surface area contributed by atoms with E-state index in [4.69, 9.17) is 0 Å². The average molecular weight is 444 g/mol. The monoisotopic (exact) mass is 444 g/mol. The molecule has 154 valence electrons. The molecule has 0 amide bonds. The molecule has 0 aliphatic rings. The van der Waals surface area contributed by atoms with Crippen LogP contribution in [-0.2, 0) is 28.4 Å². The molecule has 0 unspecified atom stereocenters. The highest BCUT2D eigenvalue weighted by Gasteiger charge is 2.30. The van der Waals surface area contributed by atoms with Crippen molar-refractivity contribution in [3.8, 4) is 10.6 Å². The number of rotatable bonds is 7. The Morgan fingerprint density at radius 3 is 2.28 bits per heavy atom. The first kappa shape index (κ1) is 21.4. The van der Waals surface area contributed by atoms with E-state index in [1.54, 1.807) is 17.5 Å². The van der Waals surface area contributed by atoms with Crippen molar-refractivity contribution in [2.75, 3.05) is 6.54 Å². The van der Waals surface area contributed by atoms with Gasteiger partial charge in [-0.15, -0.1) is 11.3 Å². The maximum atomic E-state index is 13.0. The summed E-state index contributed by atoms with van der Waals surface area (Å²) in [5.74, 6) is -0.753. The van der Waals surface area contributed by atoms with Gasteiger partial charge in [-0.1, -0.05) is 12.1 Å². The van der Waals surface area contributed by atoms with E-state index in [9.17, 15) is 26.0 Å². The number of thiazole rings is 1. The average Bonchev–Trinajstić information content (AvgIpc) is 3.10. The van der Waals surface area contributed by atoms with Crippen LogP contribution in [0.5, 0.6) is 0 Å². The fraction of sp³-hybridized carbons (Fsp3) is 0.211. The maximum Gasteiger partial charge on any atom is 0.416 e. The van der Waals surface area contributed by atoms with Crippen LogP contribution in [0.15, 0.2) is 53.9 Å². The molecular formula is C19H16F4N2O2S2. The van der Waals surface area contributed by atoms with Crippen molar-refractivity contribution >= 4 is 21.4 Å². The van der Waals surface area contributed by atoms with E-state index in [0.717, 1.165) is 29.8 Å². The maximum absolute atomic E-state index is 13.0. The molecule has 0 bridgehead atoms. The van der Waals surface area contributed by atoms with Gasteiger partial charge in [-0.05, 0) is 42.0 Å². The van der Waals surface area contributed by atoms with Crippen LogP contribution >= 0.6 is 11.3 Å². The van der Waals surface area contributed by atoms with Gasteiger partial charge in [0, 0.05) is 23.9 Å². The summed E-state index contributed by atoms with van der Waals surface area (Å²) in [6.07, 6.45) is -4.11. The van der Waals surface area contributed by atoms with Crippen molar-refractivity contribution in [2.45, 2.75) is 18.3 Å². The van der Waals surface area contributed by atoms with Crippen LogP contribution in [0, 0.1) is 5.82 Å². The van der Waals surface area contributed by atoms with Crippen LogP contribution in [0.3, 0.4) is 0 Å². The molecule has 3 rings (SSSR count). The molecule has 0 aliphatic heterocycles. The normalized spacial score (nSPS) is 12.3. The number of hydrogen-bond donors (Lipinski definition) is 1. The predicted molar refractivity (Wildman–Crippen MR) is 103 cm³/mol. The SMILES string of the molecule is O=S(=O)(Cc1ccc(C(F)(F)F)cc1)NCCc1csc(-c2ccc(F)cc2)n1. The molecule has 1 heterocycles. The van der Waals surface area contributed by atoms with E-state index >= 15 is 0 Å². The van der Waals surface area contributed by atoms with Crippen molar-refractivity contribution in [2.24, 2.45) is 0 Å². The van der Waals surface area contributed by atoms with Gasteiger partial charge >= 0.3 is 6.18 Å². The number of halogens is 4. The van der Waals surface area contributed by atoms with Crippen LogP contribution in [0.4, 0.5) is 17.6 Å². The summed E-state index contributed by atoms with van der Waals surface area (Å²) in [7, 11) is -3.70. The van der Waals surface area contributed by atoms with Crippen molar-refractivity contribution in [1.29, 1.82) is 0 Å². The molecule has 10 heteroatoms. The van der Waals surface area contributed by atoms with Gasteiger partial charge in [0.1, 0.15) is 10.8 Å². The van der Waals surface area contributed by atoms with E-state index in [2.05, 4.69) is 9.71 Å². The van der Waals surface area contributed by atoms with Crippen LogP contribution in [0.1, 0.15) is 16.8 Å². The highest BCUT2D eigenvalue weighted by Crippen LogP contribution is 2.29. The summed E-state index contributed by atoms with van der Waals surface area (Å²) in [5, 5.41) is 2.50. The molecule has 4 nitrogen and oxygen atoms in total. The number of aromatic nitrogens is 1.